The molecule has 5 nitrogen and oxygen atoms in total. The Kier molecular flexibility index (Phi) is 3.92. The second-order valence-electron chi connectivity index (χ2n) is 3.01. The van der Waals surface area contributed by atoms with Gasteiger partial charge in [-0.25, -0.2) is 0 Å². The van der Waals surface area contributed by atoms with Gasteiger partial charge in [0.2, 0.25) is 0 Å². The summed E-state index contributed by atoms with van der Waals surface area (Å²) in [5.41, 5.74) is 6.38. The van der Waals surface area contributed by atoms with E-state index >= 15 is 0 Å². The first-order valence-corrected chi connectivity index (χ1v) is 4.38. The third-order valence-electron chi connectivity index (χ3n) is 1.78. The van der Waals surface area contributed by atoms with E-state index < -0.39 is 6.10 Å². The molecule has 0 spiro atoms. The molecule has 0 bridgehead atoms. The van der Waals surface area contributed by atoms with Crippen LogP contribution in [0.2, 0.25) is 0 Å². The van der Waals surface area contributed by atoms with Gasteiger partial charge in [0, 0.05) is 0 Å². The Morgan fingerprint density at radius 3 is 2.80 bits per heavy atom. The van der Waals surface area contributed by atoms with Crippen LogP contribution in [0, 0.1) is 11.3 Å². The summed E-state index contributed by atoms with van der Waals surface area (Å²) in [7, 11) is 0. The maximum Gasteiger partial charge on any atom is 0.142 e. The highest BCUT2D eigenvalue weighted by Crippen LogP contribution is 2.22. The minimum atomic E-state index is -0.931. The number of benzene rings is 1. The van der Waals surface area contributed by atoms with E-state index in [2.05, 4.69) is 0 Å². The fraction of sp³-hybridized carbons (Fsp3) is 0.300. The average Bonchev–Trinajstić information content (AvgIpc) is 2.26. The van der Waals surface area contributed by atoms with Crippen LogP contribution in [0.4, 0.5) is 5.69 Å². The van der Waals surface area contributed by atoms with E-state index in [9.17, 15) is 0 Å². The molecule has 80 valence electrons. The molecule has 0 aliphatic rings. The van der Waals surface area contributed by atoms with Crippen LogP contribution in [0.3, 0.4) is 0 Å². The van der Waals surface area contributed by atoms with Gasteiger partial charge in [-0.3, -0.25) is 0 Å². The lowest BCUT2D eigenvalue weighted by atomic mass is 10.2. The molecule has 1 aromatic carbocycles. The van der Waals surface area contributed by atoms with Crippen LogP contribution in [0.5, 0.6) is 5.75 Å². The fourth-order valence-corrected chi connectivity index (χ4v) is 0.988. The molecule has 0 fully saturated rings. The number of nitrogen functional groups attached to an aromatic ring is 1. The summed E-state index contributed by atoms with van der Waals surface area (Å²) in [6, 6.07) is 6.55. The monoisotopic (exact) mass is 208 g/mol. The van der Waals surface area contributed by atoms with Crippen LogP contribution < -0.4 is 10.5 Å². The average molecular weight is 208 g/mol. The van der Waals surface area contributed by atoms with Gasteiger partial charge in [-0.05, 0) is 18.2 Å². The van der Waals surface area contributed by atoms with Crippen molar-refractivity contribution in [3.05, 3.63) is 23.8 Å². The Balaban J connectivity index is 2.67. The summed E-state index contributed by atoms with van der Waals surface area (Å²) in [6.07, 6.45) is -0.931. The molecule has 0 saturated heterocycles. The van der Waals surface area contributed by atoms with Crippen molar-refractivity contribution < 1.29 is 14.9 Å². The third-order valence-corrected chi connectivity index (χ3v) is 1.78. The van der Waals surface area contributed by atoms with Crippen molar-refractivity contribution in [1.29, 1.82) is 5.26 Å². The largest absolute Gasteiger partial charge is 0.489 e. The van der Waals surface area contributed by atoms with E-state index in [4.69, 9.17) is 25.9 Å². The molecule has 0 saturated carbocycles. The number of rotatable bonds is 4. The molecule has 1 aromatic rings. The maximum absolute atomic E-state index is 9.04. The summed E-state index contributed by atoms with van der Waals surface area (Å²) in [5, 5.41) is 26.2. The topological polar surface area (TPSA) is 99.5 Å². The number of nitrogens with two attached hydrogens (primary N) is 1. The van der Waals surface area contributed by atoms with Gasteiger partial charge in [0.25, 0.3) is 0 Å². The predicted octanol–water partition coefficient (Wildman–Crippen LogP) is -0.128. The Bertz CT molecular complexity index is 373. The first-order valence-electron chi connectivity index (χ1n) is 4.38. The zero-order valence-corrected chi connectivity index (χ0v) is 8.05. The molecule has 1 atom stereocenters. The smallest absolute Gasteiger partial charge is 0.142 e. The Labute approximate surface area is 87.3 Å². The van der Waals surface area contributed by atoms with Crippen molar-refractivity contribution >= 4 is 5.69 Å². The number of aliphatic hydroxyl groups excluding tert-OH is 2. The number of hydrogen-bond acceptors (Lipinski definition) is 5. The van der Waals surface area contributed by atoms with Gasteiger partial charge in [-0.2, -0.15) is 5.26 Å². The summed E-state index contributed by atoms with van der Waals surface area (Å²) in [6.45, 7) is -0.400. The van der Waals surface area contributed by atoms with Gasteiger partial charge in [-0.1, -0.05) is 0 Å². The summed E-state index contributed by atoms with van der Waals surface area (Å²) >= 11 is 0. The molecule has 0 radical (unpaired) electrons. The van der Waals surface area contributed by atoms with E-state index in [0.717, 1.165) is 0 Å². The van der Waals surface area contributed by atoms with E-state index in [1.165, 1.54) is 6.07 Å². The first kappa shape index (κ1) is 11.3. The number of nitrogens with zero attached hydrogens (tertiary/aromatic N) is 1. The molecule has 1 unspecified atom stereocenters. The normalized spacial score (nSPS) is 11.8. The molecule has 0 amide bonds. The van der Waals surface area contributed by atoms with E-state index in [0.29, 0.717) is 17.0 Å². The molecule has 0 aliphatic heterocycles. The van der Waals surface area contributed by atoms with Crippen LogP contribution in [0.15, 0.2) is 18.2 Å². The molecule has 0 heterocycles. The summed E-state index contributed by atoms with van der Waals surface area (Å²) in [4.78, 5) is 0. The summed E-state index contributed by atoms with van der Waals surface area (Å²) in [5.74, 6) is 0.390. The van der Waals surface area contributed by atoms with Crippen molar-refractivity contribution in [2.24, 2.45) is 0 Å². The zero-order valence-electron chi connectivity index (χ0n) is 8.05. The molecular formula is C10H12N2O3. The van der Waals surface area contributed by atoms with Gasteiger partial charge in [0.05, 0.1) is 23.9 Å². The second kappa shape index (κ2) is 5.20. The number of ether oxygens (including phenoxy) is 1. The van der Waals surface area contributed by atoms with Crippen molar-refractivity contribution in [2.75, 3.05) is 18.9 Å². The molecule has 0 aromatic heterocycles. The van der Waals surface area contributed by atoms with Crippen molar-refractivity contribution in [3.63, 3.8) is 0 Å². The number of nitriles is 1. The predicted molar refractivity (Wildman–Crippen MR) is 54.2 cm³/mol. The maximum atomic E-state index is 9.04. The quantitative estimate of drug-likeness (QED) is 0.599. The molecule has 1 rings (SSSR count). The van der Waals surface area contributed by atoms with Crippen LogP contribution in [0.1, 0.15) is 5.56 Å². The van der Waals surface area contributed by atoms with Crippen LogP contribution in [-0.2, 0) is 0 Å². The molecule has 4 N–H and O–H groups in total. The van der Waals surface area contributed by atoms with Crippen LogP contribution >= 0.6 is 0 Å². The highest BCUT2D eigenvalue weighted by molar-refractivity contribution is 5.56. The molecule has 15 heavy (non-hydrogen) atoms. The minimum absolute atomic E-state index is 0.0351. The lowest BCUT2D eigenvalue weighted by molar-refractivity contribution is 0.0538. The van der Waals surface area contributed by atoms with Gasteiger partial charge in [-0.15, -0.1) is 0 Å². The number of aliphatic hydroxyl groups is 2. The van der Waals surface area contributed by atoms with Crippen LogP contribution in [-0.4, -0.2) is 29.5 Å². The third kappa shape index (κ3) is 3.13. The van der Waals surface area contributed by atoms with E-state index in [1.54, 1.807) is 12.1 Å². The SMILES string of the molecule is N#Cc1ccc(OCC(O)CO)c(N)c1. The number of hydrogen-bond donors (Lipinski definition) is 3. The van der Waals surface area contributed by atoms with E-state index in [-0.39, 0.29) is 13.2 Å². The van der Waals surface area contributed by atoms with Crippen molar-refractivity contribution in [2.45, 2.75) is 6.10 Å². The van der Waals surface area contributed by atoms with Gasteiger partial charge in [0.15, 0.2) is 0 Å². The highest BCUT2D eigenvalue weighted by Gasteiger charge is 2.05. The second-order valence-corrected chi connectivity index (χ2v) is 3.01. The Morgan fingerprint density at radius 2 is 2.27 bits per heavy atom. The minimum Gasteiger partial charge on any atom is -0.489 e. The number of anilines is 1. The van der Waals surface area contributed by atoms with Gasteiger partial charge in [0.1, 0.15) is 18.5 Å². The lowest BCUT2D eigenvalue weighted by Crippen LogP contribution is -2.21. The van der Waals surface area contributed by atoms with Crippen molar-refractivity contribution in [1.82, 2.24) is 0 Å². The molecular weight excluding hydrogens is 196 g/mol. The Hall–Kier alpha value is -1.77. The molecule has 5 heteroatoms. The standard InChI is InChI=1S/C10H12N2O3/c11-4-7-1-2-10(9(12)3-7)15-6-8(14)5-13/h1-3,8,13-14H,5-6,12H2. The lowest BCUT2D eigenvalue weighted by Gasteiger charge is -2.11. The van der Waals surface area contributed by atoms with Gasteiger partial charge < -0.3 is 20.7 Å². The van der Waals surface area contributed by atoms with Crippen LogP contribution in [0.25, 0.3) is 0 Å². The summed E-state index contributed by atoms with van der Waals surface area (Å²) < 4.78 is 5.14. The highest BCUT2D eigenvalue weighted by atomic mass is 16.5. The zero-order chi connectivity index (χ0) is 11.3. The molecule has 0 aliphatic carbocycles. The first-order chi connectivity index (χ1) is 7.17. The Morgan fingerprint density at radius 1 is 1.53 bits per heavy atom. The van der Waals surface area contributed by atoms with Gasteiger partial charge >= 0.3 is 0 Å². The van der Waals surface area contributed by atoms with Crippen molar-refractivity contribution in [3.8, 4) is 11.8 Å². The van der Waals surface area contributed by atoms with E-state index in [1.807, 2.05) is 6.07 Å². The fourth-order valence-electron chi connectivity index (χ4n) is 0.988.